The standard InChI is InChI=1S/C27H36N2O2S/c30-25(21-29-26(31)20-27(29)32-22-24-17-11-7-12-18-24)28-19-13-5-3-1-2-4-8-14-23-15-9-6-10-16-23/h6-7,9-12,15-18,27H,1-5,8,13-14,19-22H2,(H,28,30). The molecule has 0 spiro atoms. The van der Waals surface area contributed by atoms with E-state index in [0.717, 1.165) is 18.6 Å². The second-order valence-electron chi connectivity index (χ2n) is 8.54. The van der Waals surface area contributed by atoms with Crippen molar-refractivity contribution in [1.82, 2.24) is 10.2 Å². The van der Waals surface area contributed by atoms with E-state index < -0.39 is 0 Å². The number of rotatable bonds is 15. The minimum atomic E-state index is -0.0377. The van der Waals surface area contributed by atoms with Gasteiger partial charge in [-0.15, -0.1) is 11.8 Å². The Labute approximate surface area is 197 Å². The fraction of sp³-hybridized carbons (Fsp3) is 0.481. The molecule has 2 aromatic carbocycles. The molecule has 1 aliphatic heterocycles. The lowest BCUT2D eigenvalue weighted by atomic mass is 10.0. The van der Waals surface area contributed by atoms with Gasteiger partial charge in [-0.1, -0.05) is 92.8 Å². The first-order chi connectivity index (χ1) is 15.7. The van der Waals surface area contributed by atoms with Crippen molar-refractivity contribution in [2.45, 2.75) is 68.9 Å². The largest absolute Gasteiger partial charge is 0.355 e. The highest BCUT2D eigenvalue weighted by Gasteiger charge is 2.37. The number of unbranched alkanes of at least 4 members (excludes halogenated alkanes) is 6. The third kappa shape index (κ3) is 8.70. The molecule has 0 aromatic heterocycles. The summed E-state index contributed by atoms with van der Waals surface area (Å²) in [7, 11) is 0. The molecule has 3 rings (SSSR count). The highest BCUT2D eigenvalue weighted by Crippen LogP contribution is 2.31. The van der Waals surface area contributed by atoms with Crippen LogP contribution in [0.25, 0.3) is 0 Å². The van der Waals surface area contributed by atoms with E-state index >= 15 is 0 Å². The molecular formula is C27H36N2O2S. The molecule has 172 valence electrons. The van der Waals surface area contributed by atoms with Crippen molar-refractivity contribution in [3.8, 4) is 0 Å². The monoisotopic (exact) mass is 452 g/mol. The molecule has 1 fully saturated rings. The summed E-state index contributed by atoms with van der Waals surface area (Å²) in [6.07, 6.45) is 10.2. The average Bonchev–Trinajstić information content (AvgIpc) is 2.82. The molecule has 5 heteroatoms. The normalized spacial score (nSPS) is 15.4. The maximum Gasteiger partial charge on any atom is 0.239 e. The number of nitrogens with one attached hydrogen (secondary N) is 1. The van der Waals surface area contributed by atoms with Crippen LogP contribution in [0.5, 0.6) is 0 Å². The molecule has 1 heterocycles. The lowest BCUT2D eigenvalue weighted by Crippen LogP contribution is -2.54. The Balaban J connectivity index is 1.16. The number of amides is 2. The number of benzene rings is 2. The molecular weight excluding hydrogens is 416 g/mol. The maximum atomic E-state index is 12.2. The first kappa shape index (κ1) is 24.4. The van der Waals surface area contributed by atoms with Crippen molar-refractivity contribution >= 4 is 23.6 Å². The quantitative estimate of drug-likeness (QED) is 0.284. The topological polar surface area (TPSA) is 49.4 Å². The number of thioether (sulfide) groups is 1. The van der Waals surface area contributed by atoms with Crippen molar-refractivity contribution in [3.63, 3.8) is 0 Å². The Morgan fingerprint density at radius 1 is 0.844 bits per heavy atom. The predicted molar refractivity (Wildman–Crippen MR) is 133 cm³/mol. The van der Waals surface area contributed by atoms with E-state index in [-0.39, 0.29) is 23.7 Å². The lowest BCUT2D eigenvalue weighted by Gasteiger charge is -2.39. The van der Waals surface area contributed by atoms with Gasteiger partial charge in [-0.2, -0.15) is 0 Å². The Morgan fingerprint density at radius 3 is 2.09 bits per heavy atom. The summed E-state index contributed by atoms with van der Waals surface area (Å²) in [5.74, 6) is 0.908. The third-order valence-corrected chi connectivity index (χ3v) is 7.23. The summed E-state index contributed by atoms with van der Waals surface area (Å²) in [4.78, 5) is 25.9. The number of hydrogen-bond donors (Lipinski definition) is 1. The van der Waals surface area contributed by atoms with Gasteiger partial charge in [0.1, 0.15) is 6.54 Å². The Kier molecular flexibility index (Phi) is 10.7. The number of carbonyl (C=O) groups excluding carboxylic acids is 2. The van der Waals surface area contributed by atoms with Gasteiger partial charge in [0.05, 0.1) is 11.8 Å². The molecule has 0 aliphatic carbocycles. The molecule has 2 amide bonds. The number of hydrogen-bond acceptors (Lipinski definition) is 3. The van der Waals surface area contributed by atoms with Crippen LogP contribution in [0, 0.1) is 0 Å². The zero-order valence-corrected chi connectivity index (χ0v) is 19.8. The van der Waals surface area contributed by atoms with Crippen LogP contribution in [0.15, 0.2) is 60.7 Å². The molecule has 0 saturated carbocycles. The summed E-state index contributed by atoms with van der Waals surface area (Å²) >= 11 is 1.74. The van der Waals surface area contributed by atoms with Crippen molar-refractivity contribution in [3.05, 3.63) is 71.8 Å². The van der Waals surface area contributed by atoms with E-state index in [1.807, 2.05) is 18.2 Å². The van der Waals surface area contributed by atoms with Gasteiger partial charge in [0.25, 0.3) is 0 Å². The van der Waals surface area contributed by atoms with Crippen LogP contribution in [0.3, 0.4) is 0 Å². The highest BCUT2D eigenvalue weighted by atomic mass is 32.2. The third-order valence-electron chi connectivity index (χ3n) is 5.92. The van der Waals surface area contributed by atoms with Crippen LogP contribution in [0.1, 0.15) is 62.5 Å². The molecule has 2 aromatic rings. The van der Waals surface area contributed by atoms with Gasteiger partial charge in [-0.3, -0.25) is 9.59 Å². The summed E-state index contributed by atoms with van der Waals surface area (Å²) in [6.45, 7) is 0.892. The van der Waals surface area contributed by atoms with E-state index in [1.54, 1.807) is 16.7 Å². The van der Waals surface area contributed by atoms with Crippen LogP contribution >= 0.6 is 11.8 Å². The van der Waals surface area contributed by atoms with E-state index in [1.165, 1.54) is 49.7 Å². The number of β-lactam (4-membered cyclic amide) rings is 1. The Hall–Kier alpha value is -2.27. The summed E-state index contributed by atoms with van der Waals surface area (Å²) in [5, 5.41) is 3.10. The van der Waals surface area contributed by atoms with E-state index in [9.17, 15) is 9.59 Å². The Bertz CT molecular complexity index is 813. The highest BCUT2D eigenvalue weighted by molar-refractivity contribution is 7.99. The minimum Gasteiger partial charge on any atom is -0.355 e. The molecule has 32 heavy (non-hydrogen) atoms. The van der Waals surface area contributed by atoms with E-state index in [0.29, 0.717) is 13.0 Å². The molecule has 0 bridgehead atoms. The van der Waals surface area contributed by atoms with Gasteiger partial charge in [0.15, 0.2) is 0 Å². The van der Waals surface area contributed by atoms with Crippen LogP contribution in [-0.4, -0.2) is 35.2 Å². The fourth-order valence-corrected chi connectivity index (χ4v) is 5.16. The van der Waals surface area contributed by atoms with Gasteiger partial charge >= 0.3 is 0 Å². The van der Waals surface area contributed by atoms with Crippen LogP contribution in [0.2, 0.25) is 0 Å². The van der Waals surface area contributed by atoms with E-state index in [4.69, 9.17) is 0 Å². The maximum absolute atomic E-state index is 12.2. The zero-order chi connectivity index (χ0) is 22.4. The summed E-state index contributed by atoms with van der Waals surface area (Å²) in [5.41, 5.74) is 2.68. The summed E-state index contributed by atoms with van der Waals surface area (Å²) < 4.78 is 0. The molecule has 1 atom stereocenters. The first-order valence-electron chi connectivity index (χ1n) is 12.0. The Morgan fingerprint density at radius 2 is 1.44 bits per heavy atom. The molecule has 1 saturated heterocycles. The molecule has 1 unspecified atom stereocenters. The lowest BCUT2D eigenvalue weighted by molar-refractivity contribution is -0.145. The van der Waals surface area contributed by atoms with Gasteiger partial charge in [-0.05, 0) is 30.4 Å². The van der Waals surface area contributed by atoms with E-state index in [2.05, 4.69) is 47.8 Å². The van der Waals surface area contributed by atoms with Crippen molar-refractivity contribution in [2.75, 3.05) is 13.1 Å². The molecule has 1 N–H and O–H groups in total. The summed E-state index contributed by atoms with van der Waals surface area (Å²) in [6, 6.07) is 20.9. The van der Waals surface area contributed by atoms with Gasteiger partial charge < -0.3 is 10.2 Å². The molecule has 1 aliphatic rings. The second kappa shape index (κ2) is 14.0. The van der Waals surface area contributed by atoms with Gasteiger partial charge in [0.2, 0.25) is 11.8 Å². The van der Waals surface area contributed by atoms with Gasteiger partial charge in [-0.25, -0.2) is 0 Å². The smallest absolute Gasteiger partial charge is 0.239 e. The molecule has 4 nitrogen and oxygen atoms in total. The zero-order valence-electron chi connectivity index (χ0n) is 19.0. The minimum absolute atomic E-state index is 0.0377. The van der Waals surface area contributed by atoms with Crippen molar-refractivity contribution in [2.24, 2.45) is 0 Å². The van der Waals surface area contributed by atoms with Crippen LogP contribution in [0.4, 0.5) is 0 Å². The number of carbonyl (C=O) groups is 2. The number of likely N-dealkylation sites (tertiary alicyclic amines) is 1. The number of nitrogens with zero attached hydrogens (tertiary/aromatic N) is 1. The van der Waals surface area contributed by atoms with Crippen molar-refractivity contribution < 1.29 is 9.59 Å². The number of aryl methyl sites for hydroxylation is 1. The average molecular weight is 453 g/mol. The predicted octanol–water partition coefficient (Wildman–Crippen LogP) is 5.57. The first-order valence-corrected chi connectivity index (χ1v) is 13.0. The SMILES string of the molecule is O=C(CN1C(=O)CC1SCc1ccccc1)NCCCCCCCCCc1ccccc1. The van der Waals surface area contributed by atoms with Gasteiger partial charge in [0, 0.05) is 12.3 Å². The second-order valence-corrected chi connectivity index (χ2v) is 9.70. The fourth-order valence-electron chi connectivity index (χ4n) is 3.95. The molecule has 0 radical (unpaired) electrons. The van der Waals surface area contributed by atoms with Crippen LogP contribution in [-0.2, 0) is 21.8 Å². The van der Waals surface area contributed by atoms with Crippen molar-refractivity contribution in [1.29, 1.82) is 0 Å². The van der Waals surface area contributed by atoms with Crippen LogP contribution < -0.4 is 5.32 Å².